The SMILES string of the molecule is Cc1ccc(NC(=O)c2nc(-c3ccc(F)cc3)n(-c3ccc(C)c(C)c3)n2)cc1C. The summed E-state index contributed by atoms with van der Waals surface area (Å²) in [6.45, 7) is 8.05. The summed E-state index contributed by atoms with van der Waals surface area (Å²) < 4.78 is 15.1. The number of anilines is 1. The minimum atomic E-state index is -0.408. The first-order valence-corrected chi connectivity index (χ1v) is 10.0. The van der Waals surface area contributed by atoms with Crippen LogP contribution in [0.5, 0.6) is 0 Å². The Kier molecular flexibility index (Phi) is 5.38. The summed E-state index contributed by atoms with van der Waals surface area (Å²) in [7, 11) is 0. The number of carbonyl (C=O) groups excluding carboxylic acids is 1. The quantitative estimate of drug-likeness (QED) is 0.476. The van der Waals surface area contributed by atoms with Crippen LogP contribution in [0.15, 0.2) is 60.7 Å². The van der Waals surface area contributed by atoms with Crippen molar-refractivity contribution in [3.8, 4) is 17.1 Å². The number of hydrogen-bond acceptors (Lipinski definition) is 3. The molecular weight excluding hydrogens is 391 g/mol. The van der Waals surface area contributed by atoms with Gasteiger partial charge >= 0.3 is 0 Å². The summed E-state index contributed by atoms with van der Waals surface area (Å²) >= 11 is 0. The molecule has 0 radical (unpaired) electrons. The second-order valence-electron chi connectivity index (χ2n) is 7.70. The zero-order valence-corrected chi connectivity index (χ0v) is 17.9. The summed E-state index contributed by atoms with van der Waals surface area (Å²) in [5, 5.41) is 7.35. The van der Waals surface area contributed by atoms with Gasteiger partial charge in [0.2, 0.25) is 5.82 Å². The zero-order chi connectivity index (χ0) is 22.1. The van der Waals surface area contributed by atoms with Gasteiger partial charge in [-0.2, -0.15) is 0 Å². The van der Waals surface area contributed by atoms with Gasteiger partial charge in [0, 0.05) is 11.3 Å². The lowest BCUT2D eigenvalue weighted by Gasteiger charge is -2.08. The highest BCUT2D eigenvalue weighted by atomic mass is 19.1. The van der Waals surface area contributed by atoms with Crippen molar-refractivity contribution in [3.05, 3.63) is 94.6 Å². The Morgan fingerprint density at radius 3 is 2.13 bits per heavy atom. The summed E-state index contributed by atoms with van der Waals surface area (Å²) in [4.78, 5) is 17.4. The fraction of sp³-hybridized carbons (Fsp3) is 0.160. The molecule has 1 aromatic heterocycles. The minimum absolute atomic E-state index is 0.0378. The van der Waals surface area contributed by atoms with E-state index >= 15 is 0 Å². The number of halogens is 1. The van der Waals surface area contributed by atoms with E-state index in [-0.39, 0.29) is 11.6 Å². The Labute approximate surface area is 180 Å². The molecule has 0 aliphatic carbocycles. The predicted octanol–water partition coefficient (Wildman–Crippen LogP) is 5.56. The van der Waals surface area contributed by atoms with Crippen molar-refractivity contribution in [2.45, 2.75) is 27.7 Å². The Bertz CT molecular complexity index is 1280. The van der Waals surface area contributed by atoms with Gasteiger partial charge in [0.05, 0.1) is 5.69 Å². The van der Waals surface area contributed by atoms with Crippen molar-refractivity contribution < 1.29 is 9.18 Å². The lowest BCUT2D eigenvalue weighted by Crippen LogP contribution is -2.14. The van der Waals surface area contributed by atoms with Crippen LogP contribution in [0, 0.1) is 33.5 Å². The zero-order valence-electron chi connectivity index (χ0n) is 17.9. The van der Waals surface area contributed by atoms with Gasteiger partial charge in [-0.15, -0.1) is 5.10 Å². The fourth-order valence-electron chi connectivity index (χ4n) is 3.24. The van der Waals surface area contributed by atoms with E-state index in [1.54, 1.807) is 16.8 Å². The van der Waals surface area contributed by atoms with Crippen molar-refractivity contribution in [2.24, 2.45) is 0 Å². The van der Waals surface area contributed by atoms with E-state index in [0.29, 0.717) is 17.1 Å². The molecule has 3 aromatic carbocycles. The fourth-order valence-corrected chi connectivity index (χ4v) is 3.24. The molecule has 6 heteroatoms. The first kappa shape index (κ1) is 20.5. The second kappa shape index (κ2) is 8.14. The molecular formula is C25H23FN4O. The molecule has 4 aromatic rings. The third kappa shape index (κ3) is 4.23. The maximum absolute atomic E-state index is 13.5. The number of rotatable bonds is 4. The third-order valence-corrected chi connectivity index (χ3v) is 5.41. The Balaban J connectivity index is 1.76. The number of nitrogens with one attached hydrogen (secondary N) is 1. The smallest absolute Gasteiger partial charge is 0.295 e. The van der Waals surface area contributed by atoms with E-state index in [0.717, 1.165) is 27.9 Å². The molecule has 0 atom stereocenters. The minimum Gasteiger partial charge on any atom is -0.319 e. The van der Waals surface area contributed by atoms with Crippen LogP contribution in [-0.4, -0.2) is 20.7 Å². The molecule has 0 unspecified atom stereocenters. The summed E-state index contributed by atoms with van der Waals surface area (Å²) in [5.41, 5.74) is 6.60. The van der Waals surface area contributed by atoms with Crippen molar-refractivity contribution >= 4 is 11.6 Å². The van der Waals surface area contributed by atoms with Gasteiger partial charge in [-0.3, -0.25) is 4.79 Å². The van der Waals surface area contributed by atoms with Gasteiger partial charge < -0.3 is 5.32 Å². The van der Waals surface area contributed by atoms with Gasteiger partial charge in [0.1, 0.15) is 5.82 Å². The largest absolute Gasteiger partial charge is 0.319 e. The predicted molar refractivity (Wildman–Crippen MR) is 120 cm³/mol. The highest BCUT2D eigenvalue weighted by Gasteiger charge is 2.19. The average molecular weight is 414 g/mol. The van der Waals surface area contributed by atoms with Gasteiger partial charge in [0.15, 0.2) is 5.82 Å². The lowest BCUT2D eigenvalue weighted by molar-refractivity contribution is 0.101. The number of aromatic nitrogens is 3. The van der Waals surface area contributed by atoms with Crippen LogP contribution in [-0.2, 0) is 0 Å². The van der Waals surface area contributed by atoms with Crippen LogP contribution in [0.4, 0.5) is 10.1 Å². The molecule has 0 saturated carbocycles. The van der Waals surface area contributed by atoms with Gasteiger partial charge in [0.25, 0.3) is 5.91 Å². The molecule has 4 rings (SSSR count). The average Bonchev–Trinajstić information content (AvgIpc) is 3.19. The van der Waals surface area contributed by atoms with E-state index in [2.05, 4.69) is 15.4 Å². The number of nitrogens with zero attached hydrogens (tertiary/aromatic N) is 3. The summed E-state index contributed by atoms with van der Waals surface area (Å²) in [6.07, 6.45) is 0. The molecule has 31 heavy (non-hydrogen) atoms. The van der Waals surface area contributed by atoms with E-state index < -0.39 is 5.91 Å². The molecule has 0 fully saturated rings. The highest BCUT2D eigenvalue weighted by Crippen LogP contribution is 2.24. The Morgan fingerprint density at radius 1 is 0.839 bits per heavy atom. The van der Waals surface area contributed by atoms with Crippen molar-refractivity contribution in [3.63, 3.8) is 0 Å². The highest BCUT2D eigenvalue weighted by molar-refractivity contribution is 6.01. The number of carbonyl (C=O) groups is 1. The van der Waals surface area contributed by atoms with Crippen LogP contribution in [0.3, 0.4) is 0 Å². The van der Waals surface area contributed by atoms with E-state index in [1.165, 1.54) is 12.1 Å². The van der Waals surface area contributed by atoms with Crippen LogP contribution < -0.4 is 5.32 Å². The number of amides is 1. The molecule has 0 spiro atoms. The van der Waals surface area contributed by atoms with Crippen molar-refractivity contribution in [2.75, 3.05) is 5.32 Å². The topological polar surface area (TPSA) is 59.8 Å². The van der Waals surface area contributed by atoms with Crippen molar-refractivity contribution in [1.82, 2.24) is 14.8 Å². The third-order valence-electron chi connectivity index (χ3n) is 5.41. The number of hydrogen-bond donors (Lipinski definition) is 1. The number of benzene rings is 3. The maximum atomic E-state index is 13.5. The molecule has 0 aliphatic heterocycles. The maximum Gasteiger partial charge on any atom is 0.295 e. The van der Waals surface area contributed by atoms with Gasteiger partial charge in [-0.25, -0.2) is 14.1 Å². The van der Waals surface area contributed by atoms with E-state index in [4.69, 9.17) is 0 Å². The molecule has 0 bridgehead atoms. The van der Waals surface area contributed by atoms with Crippen LogP contribution >= 0.6 is 0 Å². The van der Waals surface area contributed by atoms with Gasteiger partial charge in [-0.1, -0.05) is 12.1 Å². The molecule has 1 N–H and O–H groups in total. The van der Waals surface area contributed by atoms with Crippen LogP contribution in [0.25, 0.3) is 17.1 Å². The summed E-state index contributed by atoms with van der Waals surface area (Å²) in [5.74, 6) is -0.243. The Morgan fingerprint density at radius 2 is 1.48 bits per heavy atom. The molecule has 1 amide bonds. The van der Waals surface area contributed by atoms with Crippen LogP contribution in [0.2, 0.25) is 0 Å². The molecule has 0 saturated heterocycles. The van der Waals surface area contributed by atoms with E-state index in [9.17, 15) is 9.18 Å². The molecule has 1 heterocycles. The first-order valence-electron chi connectivity index (χ1n) is 10.0. The second-order valence-corrected chi connectivity index (χ2v) is 7.70. The summed E-state index contributed by atoms with van der Waals surface area (Å²) in [6, 6.07) is 17.6. The van der Waals surface area contributed by atoms with Gasteiger partial charge in [-0.05, 0) is 98.5 Å². The molecule has 5 nitrogen and oxygen atoms in total. The normalized spacial score (nSPS) is 10.9. The first-order chi connectivity index (χ1) is 14.8. The van der Waals surface area contributed by atoms with Crippen LogP contribution in [0.1, 0.15) is 32.9 Å². The molecule has 156 valence electrons. The number of aryl methyl sites for hydroxylation is 4. The molecule has 0 aliphatic rings. The monoisotopic (exact) mass is 414 g/mol. The Hall–Kier alpha value is -3.80. The van der Waals surface area contributed by atoms with E-state index in [1.807, 2.05) is 64.1 Å². The van der Waals surface area contributed by atoms with Crippen molar-refractivity contribution in [1.29, 1.82) is 0 Å². The standard InChI is InChI=1S/C25H23FN4O/c1-15-5-11-21(13-17(15)3)27-25(31)23-28-24(19-7-9-20(26)10-8-19)30(29-23)22-12-6-16(2)18(4)14-22/h5-14H,1-4H3,(H,27,31). The lowest BCUT2D eigenvalue weighted by atomic mass is 10.1.